The van der Waals surface area contributed by atoms with Crippen molar-refractivity contribution in [2.24, 2.45) is 0 Å². The van der Waals surface area contributed by atoms with Crippen LogP contribution in [0.1, 0.15) is 0 Å². The van der Waals surface area contributed by atoms with Crippen LogP contribution in [0.5, 0.6) is 0 Å². The third kappa shape index (κ3) is 3.87. The van der Waals surface area contributed by atoms with Crippen LogP contribution >= 0.6 is 46.6 Å². The van der Waals surface area contributed by atoms with Crippen LogP contribution in [0.2, 0.25) is 0 Å². The van der Waals surface area contributed by atoms with E-state index in [0.717, 1.165) is 5.75 Å². The van der Waals surface area contributed by atoms with Crippen molar-refractivity contribution in [2.45, 2.75) is 8.82 Å². The number of halogens is 1. The van der Waals surface area contributed by atoms with Gasteiger partial charge in [0.15, 0.2) is 0 Å². The lowest BCUT2D eigenvalue weighted by Crippen LogP contribution is -1.99. The first-order valence-corrected chi connectivity index (χ1v) is 6.16. The van der Waals surface area contributed by atoms with Crippen LogP contribution in [0, 0.1) is 0 Å². The van der Waals surface area contributed by atoms with E-state index >= 15 is 0 Å². The predicted octanol–water partition coefficient (Wildman–Crippen LogP) is 3.46. The summed E-state index contributed by atoms with van der Waals surface area (Å²) < 4.78 is 0.364. The summed E-state index contributed by atoms with van der Waals surface area (Å²) in [6.45, 7) is 0. The standard InChI is InChI=1S/C9H8IS2/c10-8(6-11)7-12-9-4-2-1-3-5-9/h1-5,8H,7H2. The lowest BCUT2D eigenvalue weighted by Gasteiger charge is -2.01. The van der Waals surface area contributed by atoms with Crippen molar-refractivity contribution < 1.29 is 0 Å². The molecule has 1 unspecified atom stereocenters. The monoisotopic (exact) mass is 307 g/mol. The zero-order valence-electron chi connectivity index (χ0n) is 6.37. The van der Waals surface area contributed by atoms with E-state index in [1.807, 2.05) is 30.0 Å². The molecule has 0 bridgehead atoms. The minimum atomic E-state index is 0.364. The Labute approximate surface area is 96.3 Å². The highest BCUT2D eigenvalue weighted by atomic mass is 127. The summed E-state index contributed by atoms with van der Waals surface area (Å²) in [6, 6.07) is 10.3. The molecule has 0 aliphatic heterocycles. The number of rotatable bonds is 4. The smallest absolute Gasteiger partial charge is 0.0567 e. The molecule has 0 aromatic heterocycles. The quantitative estimate of drug-likeness (QED) is 0.362. The maximum Gasteiger partial charge on any atom is 0.0567 e. The molecule has 0 aliphatic carbocycles. The summed E-state index contributed by atoms with van der Waals surface area (Å²) in [4.78, 5) is 1.30. The first kappa shape index (κ1) is 10.5. The highest BCUT2D eigenvalue weighted by molar-refractivity contribution is 14.1. The number of hydrogen-bond donors (Lipinski definition) is 0. The van der Waals surface area contributed by atoms with E-state index in [9.17, 15) is 0 Å². The Balaban J connectivity index is 2.38. The minimum absolute atomic E-state index is 0.364. The largest absolute Gasteiger partial charge is 0.125 e. The topological polar surface area (TPSA) is 0 Å². The van der Waals surface area contributed by atoms with Gasteiger partial charge in [-0.2, -0.15) is 0 Å². The predicted molar refractivity (Wildman–Crippen MR) is 67.6 cm³/mol. The van der Waals surface area contributed by atoms with Gasteiger partial charge in [0.25, 0.3) is 0 Å². The summed E-state index contributed by atoms with van der Waals surface area (Å²) in [5, 5.41) is 2.78. The van der Waals surface area contributed by atoms with Crippen molar-refractivity contribution in [1.82, 2.24) is 0 Å². The summed E-state index contributed by atoms with van der Waals surface area (Å²) in [6.07, 6.45) is 0. The SMILES string of the molecule is S=[C]C(I)CSc1ccccc1. The Morgan fingerprint density at radius 2 is 2.08 bits per heavy atom. The van der Waals surface area contributed by atoms with E-state index in [0.29, 0.717) is 3.92 Å². The van der Waals surface area contributed by atoms with Gasteiger partial charge in [-0.3, -0.25) is 0 Å². The van der Waals surface area contributed by atoms with Crippen molar-refractivity contribution in [3.05, 3.63) is 30.3 Å². The average Bonchev–Trinajstić information content (AvgIpc) is 2.16. The fourth-order valence-electron chi connectivity index (χ4n) is 0.720. The molecule has 63 valence electrons. The Kier molecular flexibility index (Phi) is 5.18. The Bertz CT molecular complexity index is 236. The summed E-state index contributed by atoms with van der Waals surface area (Å²) >= 11 is 8.83. The van der Waals surface area contributed by atoms with E-state index in [-0.39, 0.29) is 0 Å². The third-order valence-corrected chi connectivity index (χ3v) is 4.43. The molecule has 0 nitrogen and oxygen atoms in total. The van der Waals surface area contributed by atoms with Crippen LogP contribution in [0.15, 0.2) is 35.2 Å². The van der Waals surface area contributed by atoms with Gasteiger partial charge in [0.05, 0.1) is 3.92 Å². The van der Waals surface area contributed by atoms with Crippen molar-refractivity contribution in [2.75, 3.05) is 5.75 Å². The van der Waals surface area contributed by atoms with E-state index in [1.54, 1.807) is 0 Å². The fraction of sp³-hybridized carbons (Fsp3) is 0.222. The molecule has 0 spiro atoms. The highest BCUT2D eigenvalue weighted by Crippen LogP contribution is 2.19. The Morgan fingerprint density at radius 3 is 2.67 bits per heavy atom. The molecule has 0 amide bonds. The normalized spacial score (nSPS) is 12.4. The molecule has 0 saturated heterocycles. The maximum atomic E-state index is 4.72. The number of hydrogen-bond acceptors (Lipinski definition) is 2. The zero-order valence-corrected chi connectivity index (χ0v) is 10.2. The van der Waals surface area contributed by atoms with Gasteiger partial charge in [0, 0.05) is 16.0 Å². The molecule has 0 saturated carbocycles. The number of benzene rings is 1. The van der Waals surface area contributed by atoms with Crippen LogP contribution in [0.3, 0.4) is 0 Å². The molecule has 1 rings (SSSR count). The van der Waals surface area contributed by atoms with Gasteiger partial charge in [-0.1, -0.05) is 53.0 Å². The molecular formula is C9H8IS2. The number of thiocarbonyl (C=S) groups is 1. The maximum absolute atomic E-state index is 4.72. The molecule has 3 heteroatoms. The molecule has 1 aromatic carbocycles. The summed E-state index contributed by atoms with van der Waals surface area (Å²) in [7, 11) is 0. The third-order valence-electron chi connectivity index (χ3n) is 1.27. The molecule has 0 heterocycles. The first-order chi connectivity index (χ1) is 5.83. The lowest BCUT2D eigenvalue weighted by atomic mass is 10.4. The van der Waals surface area contributed by atoms with Crippen molar-refractivity contribution in [3.63, 3.8) is 0 Å². The summed E-state index contributed by atoms with van der Waals surface area (Å²) in [5.74, 6) is 1.01. The molecule has 0 fully saturated rings. The second-order valence-electron chi connectivity index (χ2n) is 2.21. The highest BCUT2D eigenvalue weighted by Gasteiger charge is 2.00. The molecular weight excluding hydrogens is 299 g/mol. The van der Waals surface area contributed by atoms with E-state index in [4.69, 9.17) is 12.2 Å². The molecule has 0 aliphatic rings. The zero-order chi connectivity index (χ0) is 8.81. The van der Waals surface area contributed by atoms with Gasteiger partial charge >= 0.3 is 0 Å². The molecule has 12 heavy (non-hydrogen) atoms. The number of thioether (sulfide) groups is 1. The van der Waals surface area contributed by atoms with Crippen molar-refractivity contribution in [3.8, 4) is 0 Å². The molecule has 1 radical (unpaired) electrons. The van der Waals surface area contributed by atoms with Crippen LogP contribution < -0.4 is 0 Å². The van der Waals surface area contributed by atoms with Gasteiger partial charge < -0.3 is 0 Å². The Morgan fingerprint density at radius 1 is 1.42 bits per heavy atom. The van der Waals surface area contributed by atoms with Gasteiger partial charge in [0.2, 0.25) is 0 Å². The lowest BCUT2D eigenvalue weighted by molar-refractivity contribution is 1.40. The van der Waals surface area contributed by atoms with Gasteiger partial charge in [-0.15, -0.1) is 11.8 Å². The Hall–Kier alpha value is 0.390. The van der Waals surface area contributed by atoms with Crippen molar-refractivity contribution in [1.29, 1.82) is 0 Å². The fourth-order valence-corrected chi connectivity index (χ4v) is 2.22. The molecule has 1 aromatic rings. The van der Waals surface area contributed by atoms with Crippen LogP contribution in [0.25, 0.3) is 0 Å². The van der Waals surface area contributed by atoms with Crippen LogP contribution in [0.4, 0.5) is 0 Å². The molecule has 0 N–H and O–H groups in total. The van der Waals surface area contributed by atoms with Gasteiger partial charge in [-0.05, 0) is 12.1 Å². The second kappa shape index (κ2) is 5.94. The van der Waals surface area contributed by atoms with Crippen LogP contribution in [-0.2, 0) is 0 Å². The number of alkyl halides is 1. The van der Waals surface area contributed by atoms with E-state index in [2.05, 4.69) is 40.1 Å². The minimum Gasteiger partial charge on any atom is -0.125 e. The first-order valence-electron chi connectivity index (χ1n) is 3.52. The summed E-state index contributed by atoms with van der Waals surface area (Å²) in [5.41, 5.74) is 0. The van der Waals surface area contributed by atoms with E-state index < -0.39 is 0 Å². The van der Waals surface area contributed by atoms with Gasteiger partial charge in [-0.25, -0.2) is 0 Å². The average molecular weight is 307 g/mol. The van der Waals surface area contributed by atoms with Crippen LogP contribution in [-0.4, -0.2) is 15.0 Å². The van der Waals surface area contributed by atoms with E-state index in [1.165, 1.54) is 4.90 Å². The second-order valence-corrected chi connectivity index (χ2v) is 5.04. The molecule has 1 atom stereocenters. The van der Waals surface area contributed by atoms with Gasteiger partial charge in [0.1, 0.15) is 0 Å². The van der Waals surface area contributed by atoms with Crippen molar-refractivity contribution >= 4 is 51.9 Å².